The Labute approximate surface area is 128 Å². The molecule has 0 radical (unpaired) electrons. The Hall–Kier alpha value is -1.63. The second-order valence-corrected chi connectivity index (χ2v) is 7.10. The molecule has 0 bridgehead atoms. The average molecular weight is 282 g/mol. The van der Waals surface area contributed by atoms with Crippen molar-refractivity contribution in [2.24, 2.45) is 0 Å². The highest BCUT2D eigenvalue weighted by atomic mass is 16.1. The molecule has 0 spiro atoms. The summed E-state index contributed by atoms with van der Waals surface area (Å²) in [6.45, 7) is 12.8. The predicted octanol–water partition coefficient (Wildman–Crippen LogP) is 5.70. The largest absolute Gasteiger partial charge is 0.294 e. The summed E-state index contributed by atoms with van der Waals surface area (Å²) in [4.78, 5) is 12.4. The Balaban J connectivity index is 2.52. The van der Waals surface area contributed by atoms with Crippen LogP contribution in [-0.2, 0) is 5.41 Å². The molecule has 1 aliphatic carbocycles. The van der Waals surface area contributed by atoms with E-state index in [0.29, 0.717) is 6.42 Å². The van der Waals surface area contributed by atoms with E-state index in [0.717, 1.165) is 17.5 Å². The first-order chi connectivity index (χ1) is 9.74. The second-order valence-electron chi connectivity index (χ2n) is 7.10. The number of carbonyl (C=O) groups excluding carboxylic acids is 1. The van der Waals surface area contributed by atoms with Crippen LogP contribution in [0, 0.1) is 0 Å². The number of hydrogen-bond acceptors (Lipinski definition) is 1. The highest BCUT2D eigenvalue weighted by Crippen LogP contribution is 2.35. The second kappa shape index (κ2) is 5.63. The molecule has 0 N–H and O–H groups in total. The SMILES string of the molecule is CCC(=O)c1cc(C(C)(C)C)ccc1C1=CC(C)=C(C)C1. The lowest BCUT2D eigenvalue weighted by Crippen LogP contribution is -2.13. The molecule has 1 aromatic rings. The zero-order valence-electron chi connectivity index (χ0n) is 14.1. The molecular weight excluding hydrogens is 256 g/mol. The summed E-state index contributed by atoms with van der Waals surface area (Å²) < 4.78 is 0. The Morgan fingerprint density at radius 2 is 1.86 bits per heavy atom. The van der Waals surface area contributed by atoms with Gasteiger partial charge in [-0.05, 0) is 48.4 Å². The molecule has 1 nitrogen and oxygen atoms in total. The van der Waals surface area contributed by atoms with Gasteiger partial charge in [-0.15, -0.1) is 0 Å². The normalized spacial score (nSPS) is 15.4. The van der Waals surface area contributed by atoms with E-state index in [1.54, 1.807) is 0 Å². The molecule has 1 heteroatoms. The van der Waals surface area contributed by atoms with Crippen LogP contribution in [-0.4, -0.2) is 5.78 Å². The molecule has 0 fully saturated rings. The third kappa shape index (κ3) is 3.18. The highest BCUT2D eigenvalue weighted by Gasteiger charge is 2.21. The van der Waals surface area contributed by atoms with Crippen molar-refractivity contribution < 1.29 is 4.79 Å². The Morgan fingerprint density at radius 3 is 2.33 bits per heavy atom. The molecule has 0 unspecified atom stereocenters. The number of ketones is 1. The monoisotopic (exact) mass is 282 g/mol. The summed E-state index contributed by atoms with van der Waals surface area (Å²) in [5.74, 6) is 0.235. The van der Waals surface area contributed by atoms with Gasteiger partial charge in [-0.1, -0.05) is 57.0 Å². The van der Waals surface area contributed by atoms with Crippen molar-refractivity contribution in [1.82, 2.24) is 0 Å². The third-order valence-electron chi connectivity index (χ3n) is 4.37. The standard InChI is InChI=1S/C20H26O/c1-7-19(21)18-12-16(20(4,5)6)8-9-17(18)15-10-13(2)14(3)11-15/h8-10,12H,7,11H2,1-6H3. The minimum Gasteiger partial charge on any atom is -0.294 e. The molecule has 1 aromatic carbocycles. The molecular formula is C20H26O. The smallest absolute Gasteiger partial charge is 0.163 e. The third-order valence-corrected chi connectivity index (χ3v) is 4.37. The van der Waals surface area contributed by atoms with Crippen LogP contribution in [0.15, 0.2) is 35.4 Å². The lowest BCUT2D eigenvalue weighted by atomic mass is 9.83. The summed E-state index contributed by atoms with van der Waals surface area (Å²) in [6.07, 6.45) is 3.75. The van der Waals surface area contributed by atoms with Gasteiger partial charge in [0.05, 0.1) is 0 Å². The van der Waals surface area contributed by atoms with Crippen molar-refractivity contribution >= 4 is 11.4 Å². The maximum absolute atomic E-state index is 12.4. The Bertz CT molecular complexity index is 636. The van der Waals surface area contributed by atoms with Crippen LogP contribution in [0.2, 0.25) is 0 Å². The molecule has 0 amide bonds. The fourth-order valence-electron chi connectivity index (χ4n) is 2.75. The first-order valence-corrected chi connectivity index (χ1v) is 7.79. The minimum atomic E-state index is 0.0649. The summed E-state index contributed by atoms with van der Waals surface area (Å²) in [5, 5.41) is 0. The zero-order chi connectivity index (χ0) is 15.8. The summed E-state index contributed by atoms with van der Waals surface area (Å²) in [5.41, 5.74) is 7.31. The van der Waals surface area contributed by atoms with E-state index < -0.39 is 0 Å². The Kier molecular flexibility index (Phi) is 4.22. The number of Topliss-reactive ketones (excluding diaryl/α,β-unsaturated/α-hetero) is 1. The lowest BCUT2D eigenvalue weighted by Gasteiger charge is -2.21. The van der Waals surface area contributed by atoms with Crippen LogP contribution in [0.1, 0.15) is 75.9 Å². The van der Waals surface area contributed by atoms with E-state index in [4.69, 9.17) is 0 Å². The van der Waals surface area contributed by atoms with Crippen LogP contribution >= 0.6 is 0 Å². The summed E-state index contributed by atoms with van der Waals surface area (Å²) >= 11 is 0. The minimum absolute atomic E-state index is 0.0649. The number of benzene rings is 1. The van der Waals surface area contributed by atoms with E-state index in [1.165, 1.54) is 22.3 Å². The maximum Gasteiger partial charge on any atom is 0.163 e. The summed E-state index contributed by atoms with van der Waals surface area (Å²) in [6, 6.07) is 6.41. The molecule has 0 aromatic heterocycles. The molecule has 112 valence electrons. The van der Waals surface area contributed by atoms with Crippen LogP contribution in [0.4, 0.5) is 0 Å². The van der Waals surface area contributed by atoms with E-state index >= 15 is 0 Å². The summed E-state index contributed by atoms with van der Waals surface area (Å²) in [7, 11) is 0. The molecule has 21 heavy (non-hydrogen) atoms. The van der Waals surface area contributed by atoms with Crippen molar-refractivity contribution in [3.8, 4) is 0 Å². The van der Waals surface area contributed by atoms with Gasteiger partial charge in [-0.3, -0.25) is 4.79 Å². The van der Waals surface area contributed by atoms with Crippen molar-refractivity contribution in [3.05, 3.63) is 52.1 Å². The molecule has 0 heterocycles. The van der Waals surface area contributed by atoms with Gasteiger partial charge in [0.25, 0.3) is 0 Å². The number of allylic oxidation sites excluding steroid dienone is 4. The molecule has 0 aliphatic heterocycles. The first-order valence-electron chi connectivity index (χ1n) is 7.79. The van der Waals surface area contributed by atoms with Crippen molar-refractivity contribution in [1.29, 1.82) is 0 Å². The number of carbonyl (C=O) groups is 1. The van der Waals surface area contributed by atoms with Gasteiger partial charge < -0.3 is 0 Å². The van der Waals surface area contributed by atoms with Gasteiger partial charge in [0.15, 0.2) is 5.78 Å². The average Bonchev–Trinajstić information content (AvgIpc) is 2.76. The first kappa shape index (κ1) is 15.8. The highest BCUT2D eigenvalue weighted by molar-refractivity contribution is 6.01. The van der Waals surface area contributed by atoms with Crippen molar-refractivity contribution in [3.63, 3.8) is 0 Å². The van der Waals surface area contributed by atoms with Crippen LogP contribution < -0.4 is 0 Å². The number of hydrogen-bond donors (Lipinski definition) is 0. The van der Waals surface area contributed by atoms with E-state index in [2.05, 4.69) is 58.9 Å². The Morgan fingerprint density at radius 1 is 1.19 bits per heavy atom. The number of rotatable bonds is 3. The van der Waals surface area contributed by atoms with E-state index in [-0.39, 0.29) is 11.2 Å². The van der Waals surface area contributed by atoms with E-state index in [1.807, 2.05) is 6.92 Å². The molecule has 0 saturated heterocycles. The van der Waals surface area contributed by atoms with Gasteiger partial charge in [0.1, 0.15) is 0 Å². The topological polar surface area (TPSA) is 17.1 Å². The fourth-order valence-corrected chi connectivity index (χ4v) is 2.75. The maximum atomic E-state index is 12.4. The van der Waals surface area contributed by atoms with Gasteiger partial charge in [0, 0.05) is 12.0 Å². The predicted molar refractivity (Wildman–Crippen MR) is 90.7 cm³/mol. The van der Waals surface area contributed by atoms with Crippen molar-refractivity contribution in [2.75, 3.05) is 0 Å². The quantitative estimate of drug-likeness (QED) is 0.650. The van der Waals surface area contributed by atoms with E-state index in [9.17, 15) is 4.79 Å². The molecule has 0 saturated carbocycles. The van der Waals surface area contributed by atoms with Crippen LogP contribution in [0.25, 0.3) is 5.57 Å². The van der Waals surface area contributed by atoms with Gasteiger partial charge in [-0.2, -0.15) is 0 Å². The van der Waals surface area contributed by atoms with Crippen molar-refractivity contribution in [2.45, 2.75) is 59.8 Å². The van der Waals surface area contributed by atoms with Gasteiger partial charge >= 0.3 is 0 Å². The molecule has 1 aliphatic rings. The molecule has 2 rings (SSSR count). The lowest BCUT2D eigenvalue weighted by molar-refractivity contribution is 0.0988. The van der Waals surface area contributed by atoms with Gasteiger partial charge in [-0.25, -0.2) is 0 Å². The van der Waals surface area contributed by atoms with Crippen LogP contribution in [0.3, 0.4) is 0 Å². The van der Waals surface area contributed by atoms with Gasteiger partial charge in [0.2, 0.25) is 0 Å². The zero-order valence-corrected chi connectivity index (χ0v) is 14.1. The molecule has 0 atom stereocenters. The fraction of sp³-hybridized carbons (Fsp3) is 0.450. The van der Waals surface area contributed by atoms with Crippen LogP contribution in [0.5, 0.6) is 0 Å².